The molecule has 1 aromatic carbocycles. The average molecular weight is 174 g/mol. The van der Waals surface area contributed by atoms with Gasteiger partial charge >= 0.3 is 35.5 Å². The quantitative estimate of drug-likeness (QED) is 0.652. The number of carboxylic acids is 1. The van der Waals surface area contributed by atoms with Crippen molar-refractivity contribution >= 4 is 35.5 Å². The van der Waals surface area contributed by atoms with E-state index in [9.17, 15) is 4.79 Å². The van der Waals surface area contributed by atoms with Gasteiger partial charge in [0.25, 0.3) is 0 Å². The van der Waals surface area contributed by atoms with Crippen LogP contribution in [-0.4, -0.2) is 40.6 Å². The van der Waals surface area contributed by atoms with Crippen LogP contribution in [0.2, 0.25) is 0 Å². The second kappa shape index (κ2) is 4.65. The molecule has 60 valence electrons. The van der Waals surface area contributed by atoms with Gasteiger partial charge in [-0.1, -0.05) is 18.2 Å². The number of carboxylic acid groups (broad SMARTS) is 1. The number of aryl methyl sites for hydroxylation is 2. The van der Waals surface area contributed by atoms with Gasteiger partial charge in [-0.25, -0.2) is 4.79 Å². The Bertz CT molecular complexity index is 274. The van der Waals surface area contributed by atoms with Crippen molar-refractivity contribution in [3.05, 3.63) is 34.9 Å². The Labute approximate surface area is 93.9 Å². The summed E-state index contributed by atoms with van der Waals surface area (Å²) < 4.78 is 0. The summed E-state index contributed by atoms with van der Waals surface area (Å²) >= 11 is 0. The molecule has 0 saturated heterocycles. The number of hydrogen-bond acceptors (Lipinski definition) is 1. The van der Waals surface area contributed by atoms with Crippen LogP contribution in [0.3, 0.4) is 0 Å². The van der Waals surface area contributed by atoms with Crippen LogP contribution in [0, 0.1) is 13.8 Å². The number of rotatable bonds is 1. The van der Waals surface area contributed by atoms with Gasteiger partial charge in [0, 0.05) is 0 Å². The second-order valence-corrected chi connectivity index (χ2v) is 2.57. The molecule has 0 amide bonds. The summed E-state index contributed by atoms with van der Waals surface area (Å²) in [4.78, 5) is 10.6. The fourth-order valence-corrected chi connectivity index (χ4v) is 1.15. The van der Waals surface area contributed by atoms with E-state index in [1.54, 1.807) is 26.0 Å². The number of carbonyl (C=O) groups is 1. The number of benzene rings is 1. The molecule has 0 saturated carbocycles. The molecule has 1 N–H and O–H groups in total. The fraction of sp³-hybridized carbons (Fsp3) is 0.222. The van der Waals surface area contributed by atoms with E-state index in [-0.39, 0.29) is 29.6 Å². The van der Waals surface area contributed by atoms with Crippen LogP contribution in [0.15, 0.2) is 18.2 Å². The molecule has 0 unspecified atom stereocenters. The van der Waals surface area contributed by atoms with Gasteiger partial charge in [-0.15, -0.1) is 0 Å². The van der Waals surface area contributed by atoms with E-state index < -0.39 is 5.97 Å². The van der Waals surface area contributed by atoms with E-state index in [0.29, 0.717) is 5.56 Å². The Morgan fingerprint density at radius 2 is 1.67 bits per heavy atom. The Hall–Kier alpha value is -0.310. The van der Waals surface area contributed by atoms with Crippen molar-refractivity contribution in [2.24, 2.45) is 0 Å². The number of aromatic carboxylic acids is 1. The van der Waals surface area contributed by atoms with Crippen molar-refractivity contribution in [2.45, 2.75) is 13.8 Å². The first kappa shape index (κ1) is 11.7. The Balaban J connectivity index is 0.00000121. The van der Waals surface area contributed by atoms with Crippen molar-refractivity contribution in [2.75, 3.05) is 0 Å². The molecule has 0 aliphatic heterocycles. The van der Waals surface area contributed by atoms with Gasteiger partial charge in [0.15, 0.2) is 0 Å². The van der Waals surface area contributed by atoms with Crippen LogP contribution in [0.25, 0.3) is 0 Å². The topological polar surface area (TPSA) is 37.3 Å². The van der Waals surface area contributed by atoms with Gasteiger partial charge in [0.2, 0.25) is 0 Å². The van der Waals surface area contributed by atoms with Crippen LogP contribution >= 0.6 is 0 Å². The van der Waals surface area contributed by atoms with Crippen molar-refractivity contribution < 1.29 is 9.90 Å². The third-order valence-electron chi connectivity index (χ3n) is 1.69. The minimum atomic E-state index is -0.847. The molecule has 0 aromatic heterocycles. The molecule has 0 atom stereocenters. The summed E-state index contributed by atoms with van der Waals surface area (Å²) in [7, 11) is 0. The fourth-order valence-electron chi connectivity index (χ4n) is 1.15. The summed E-state index contributed by atoms with van der Waals surface area (Å²) in [6.07, 6.45) is 0. The summed E-state index contributed by atoms with van der Waals surface area (Å²) in [5.41, 5.74) is 2.06. The maximum absolute atomic E-state index is 10.6. The predicted molar refractivity (Wildman–Crippen MR) is 50.0 cm³/mol. The summed E-state index contributed by atoms with van der Waals surface area (Å²) in [6.45, 7) is 3.60. The third-order valence-corrected chi connectivity index (χ3v) is 1.69. The molecule has 0 fully saturated rings. The van der Waals surface area contributed by atoms with Gasteiger partial charge in [-0.3, -0.25) is 0 Å². The third kappa shape index (κ3) is 2.34. The van der Waals surface area contributed by atoms with Gasteiger partial charge < -0.3 is 5.11 Å². The molecule has 0 heterocycles. The van der Waals surface area contributed by atoms with E-state index in [1.165, 1.54) is 0 Å². The first-order valence-electron chi connectivity index (χ1n) is 3.42. The van der Waals surface area contributed by atoms with Crippen LogP contribution in [0.1, 0.15) is 21.5 Å². The summed E-state index contributed by atoms with van der Waals surface area (Å²) in [5.74, 6) is -0.847. The van der Waals surface area contributed by atoms with Crippen LogP contribution in [-0.2, 0) is 0 Å². The molecular formula is C9H11NaO2. The van der Waals surface area contributed by atoms with Gasteiger partial charge in [0.05, 0.1) is 5.56 Å². The predicted octanol–water partition coefficient (Wildman–Crippen LogP) is 1.35. The zero-order valence-electron chi connectivity index (χ0n) is 6.59. The monoisotopic (exact) mass is 174 g/mol. The van der Waals surface area contributed by atoms with E-state index in [1.807, 2.05) is 6.07 Å². The van der Waals surface area contributed by atoms with E-state index in [2.05, 4.69) is 0 Å². The van der Waals surface area contributed by atoms with Gasteiger partial charge in [-0.2, -0.15) is 0 Å². The summed E-state index contributed by atoms with van der Waals surface area (Å²) in [5, 5.41) is 8.75. The zero-order chi connectivity index (χ0) is 8.43. The van der Waals surface area contributed by atoms with Crippen LogP contribution < -0.4 is 0 Å². The first-order valence-corrected chi connectivity index (χ1v) is 3.42. The Morgan fingerprint density at radius 1 is 1.25 bits per heavy atom. The van der Waals surface area contributed by atoms with Crippen molar-refractivity contribution in [3.63, 3.8) is 0 Å². The molecule has 3 heteroatoms. The van der Waals surface area contributed by atoms with E-state index in [0.717, 1.165) is 11.1 Å². The van der Waals surface area contributed by atoms with Gasteiger partial charge in [0.1, 0.15) is 0 Å². The Morgan fingerprint density at radius 3 is 1.92 bits per heavy atom. The second-order valence-electron chi connectivity index (χ2n) is 2.57. The van der Waals surface area contributed by atoms with Crippen molar-refractivity contribution in [1.29, 1.82) is 0 Å². The van der Waals surface area contributed by atoms with E-state index >= 15 is 0 Å². The van der Waals surface area contributed by atoms with Crippen LogP contribution in [0.5, 0.6) is 0 Å². The molecular weight excluding hydrogens is 163 g/mol. The molecule has 0 bridgehead atoms. The Kier molecular flexibility index (Phi) is 4.53. The van der Waals surface area contributed by atoms with Crippen LogP contribution in [0.4, 0.5) is 0 Å². The normalized spacial score (nSPS) is 8.83. The molecule has 1 rings (SSSR count). The zero-order valence-corrected chi connectivity index (χ0v) is 6.59. The maximum atomic E-state index is 10.6. The molecule has 0 radical (unpaired) electrons. The molecule has 12 heavy (non-hydrogen) atoms. The molecule has 2 nitrogen and oxygen atoms in total. The molecule has 0 aliphatic rings. The average Bonchev–Trinajstić information content (AvgIpc) is 1.85. The SMILES string of the molecule is Cc1cccc(C)c1C(=O)O.[NaH]. The standard InChI is InChI=1S/C9H10O2.Na.H/c1-6-4-3-5-7(2)8(6)9(10)11;;/h3-5H,1-2H3,(H,10,11);;. The number of hydrogen-bond donors (Lipinski definition) is 1. The van der Waals surface area contributed by atoms with E-state index in [4.69, 9.17) is 5.11 Å². The minimum absolute atomic E-state index is 0. The molecule has 1 aromatic rings. The molecule has 0 aliphatic carbocycles. The van der Waals surface area contributed by atoms with Crippen molar-refractivity contribution in [1.82, 2.24) is 0 Å². The first-order chi connectivity index (χ1) is 5.13. The van der Waals surface area contributed by atoms with Crippen molar-refractivity contribution in [3.8, 4) is 0 Å². The van der Waals surface area contributed by atoms with Gasteiger partial charge in [-0.05, 0) is 25.0 Å². The molecule has 0 spiro atoms. The summed E-state index contributed by atoms with van der Waals surface area (Å²) in [6, 6.07) is 5.46.